The molecule has 0 spiro atoms. The molecule has 0 aliphatic rings. The maximum absolute atomic E-state index is 5.94. The molecule has 1 aromatic carbocycles. The molecule has 0 bridgehead atoms. The Morgan fingerprint density at radius 2 is 1.86 bits per heavy atom. The Kier molecular flexibility index (Phi) is 6.24. The van der Waals surface area contributed by atoms with Crippen molar-refractivity contribution in [3.8, 4) is 22.8 Å². The minimum Gasteiger partial charge on any atom is -0.444 e. The normalized spacial score (nSPS) is 11.1. The SMILES string of the molecule is COCCn1c(SCc2coc(-c3ccc(Cl)cc3)n2)nnc1-c1ccncc1. The highest BCUT2D eigenvalue weighted by Crippen LogP contribution is 2.27. The smallest absolute Gasteiger partial charge is 0.226 e. The second-order valence-corrected chi connectivity index (χ2v) is 7.51. The first kappa shape index (κ1) is 19.6. The topological polar surface area (TPSA) is 78.9 Å². The van der Waals surface area contributed by atoms with Gasteiger partial charge in [-0.1, -0.05) is 23.4 Å². The van der Waals surface area contributed by atoms with Crippen LogP contribution in [-0.4, -0.2) is 38.4 Å². The van der Waals surface area contributed by atoms with E-state index in [4.69, 9.17) is 20.8 Å². The summed E-state index contributed by atoms with van der Waals surface area (Å²) in [5.41, 5.74) is 2.67. The first-order valence-electron chi connectivity index (χ1n) is 8.90. The van der Waals surface area contributed by atoms with Gasteiger partial charge >= 0.3 is 0 Å². The highest BCUT2D eigenvalue weighted by atomic mass is 35.5. The summed E-state index contributed by atoms with van der Waals surface area (Å²) in [5, 5.41) is 10.2. The molecule has 9 heteroatoms. The van der Waals surface area contributed by atoms with E-state index in [9.17, 15) is 0 Å². The third-order valence-corrected chi connectivity index (χ3v) is 5.42. The Balaban J connectivity index is 1.51. The standard InChI is InChI=1S/C20H18ClN5O2S/c1-27-11-10-26-18(14-6-8-22-9-7-14)24-25-20(26)29-13-17-12-28-19(23-17)15-2-4-16(21)5-3-15/h2-9,12H,10-11,13H2,1H3. The molecule has 0 saturated carbocycles. The van der Waals surface area contributed by atoms with E-state index in [-0.39, 0.29) is 0 Å². The molecule has 4 rings (SSSR count). The van der Waals surface area contributed by atoms with Crippen molar-refractivity contribution in [2.75, 3.05) is 13.7 Å². The molecule has 0 unspecified atom stereocenters. The number of hydrogen-bond donors (Lipinski definition) is 0. The molecule has 4 aromatic rings. The Bertz CT molecular complexity index is 1070. The summed E-state index contributed by atoms with van der Waals surface area (Å²) >= 11 is 7.49. The zero-order valence-electron chi connectivity index (χ0n) is 15.7. The Labute approximate surface area is 177 Å². The molecule has 3 aromatic heterocycles. The molecular formula is C20H18ClN5O2S. The van der Waals surface area contributed by atoms with Crippen LogP contribution in [0.4, 0.5) is 0 Å². The molecule has 0 N–H and O–H groups in total. The van der Waals surface area contributed by atoms with Crippen molar-refractivity contribution in [3.63, 3.8) is 0 Å². The molecule has 0 amide bonds. The summed E-state index contributed by atoms with van der Waals surface area (Å²) < 4.78 is 12.9. The van der Waals surface area contributed by atoms with Crippen molar-refractivity contribution in [3.05, 3.63) is 65.8 Å². The number of rotatable bonds is 8. The Morgan fingerprint density at radius 3 is 2.62 bits per heavy atom. The van der Waals surface area contributed by atoms with Gasteiger partial charge in [-0.3, -0.25) is 9.55 Å². The van der Waals surface area contributed by atoms with Crippen LogP contribution in [0.5, 0.6) is 0 Å². The predicted molar refractivity (Wildman–Crippen MR) is 112 cm³/mol. The van der Waals surface area contributed by atoms with E-state index in [1.54, 1.807) is 37.5 Å². The first-order valence-corrected chi connectivity index (χ1v) is 10.3. The van der Waals surface area contributed by atoms with Crippen molar-refractivity contribution in [1.82, 2.24) is 24.7 Å². The number of benzene rings is 1. The lowest BCUT2D eigenvalue weighted by molar-refractivity contribution is 0.185. The van der Waals surface area contributed by atoms with E-state index in [2.05, 4.69) is 20.2 Å². The predicted octanol–water partition coefficient (Wildman–Crippen LogP) is 4.59. The third-order valence-electron chi connectivity index (χ3n) is 4.17. The number of pyridine rings is 1. The summed E-state index contributed by atoms with van der Waals surface area (Å²) in [6.45, 7) is 1.21. The van der Waals surface area contributed by atoms with Gasteiger partial charge in [0.15, 0.2) is 11.0 Å². The highest BCUT2D eigenvalue weighted by molar-refractivity contribution is 7.98. The van der Waals surface area contributed by atoms with Gasteiger partial charge in [-0.2, -0.15) is 0 Å². The van der Waals surface area contributed by atoms with Crippen LogP contribution in [0.2, 0.25) is 5.02 Å². The Morgan fingerprint density at radius 1 is 1.07 bits per heavy atom. The average molecular weight is 428 g/mol. The Hall–Kier alpha value is -2.68. The van der Waals surface area contributed by atoms with E-state index >= 15 is 0 Å². The van der Waals surface area contributed by atoms with E-state index in [1.807, 2.05) is 41.0 Å². The largest absolute Gasteiger partial charge is 0.444 e. The van der Waals surface area contributed by atoms with Gasteiger partial charge in [-0.15, -0.1) is 10.2 Å². The van der Waals surface area contributed by atoms with Gasteiger partial charge in [-0.25, -0.2) is 4.98 Å². The van der Waals surface area contributed by atoms with Crippen molar-refractivity contribution in [1.29, 1.82) is 0 Å². The quantitative estimate of drug-likeness (QED) is 0.380. The molecule has 29 heavy (non-hydrogen) atoms. The molecule has 3 heterocycles. The third kappa shape index (κ3) is 4.67. The number of aromatic nitrogens is 5. The second kappa shape index (κ2) is 9.21. The number of halogens is 1. The average Bonchev–Trinajstić information content (AvgIpc) is 3.39. The minimum absolute atomic E-state index is 0.564. The van der Waals surface area contributed by atoms with Gasteiger partial charge < -0.3 is 9.15 Å². The van der Waals surface area contributed by atoms with Gasteiger partial charge in [-0.05, 0) is 36.4 Å². The van der Waals surface area contributed by atoms with E-state index in [0.717, 1.165) is 27.8 Å². The van der Waals surface area contributed by atoms with Crippen LogP contribution in [0.15, 0.2) is 64.6 Å². The van der Waals surface area contributed by atoms with Crippen molar-refractivity contribution < 1.29 is 9.15 Å². The van der Waals surface area contributed by atoms with Crippen LogP contribution in [0.1, 0.15) is 5.69 Å². The van der Waals surface area contributed by atoms with E-state index < -0.39 is 0 Å². The molecule has 0 aliphatic heterocycles. The zero-order chi connectivity index (χ0) is 20.1. The van der Waals surface area contributed by atoms with Gasteiger partial charge in [0.25, 0.3) is 0 Å². The minimum atomic E-state index is 0.564. The fourth-order valence-corrected chi connectivity index (χ4v) is 3.70. The van der Waals surface area contributed by atoms with Crippen LogP contribution in [0, 0.1) is 0 Å². The van der Waals surface area contributed by atoms with Gasteiger partial charge in [0, 0.05) is 41.4 Å². The lowest BCUT2D eigenvalue weighted by Crippen LogP contribution is -2.07. The second-order valence-electron chi connectivity index (χ2n) is 6.13. The van der Waals surface area contributed by atoms with Crippen molar-refractivity contribution >= 4 is 23.4 Å². The van der Waals surface area contributed by atoms with Crippen LogP contribution < -0.4 is 0 Å². The van der Waals surface area contributed by atoms with E-state index in [0.29, 0.717) is 29.8 Å². The molecule has 0 radical (unpaired) electrons. The molecule has 0 fully saturated rings. The number of nitrogens with zero attached hydrogens (tertiary/aromatic N) is 5. The molecular weight excluding hydrogens is 410 g/mol. The zero-order valence-corrected chi connectivity index (χ0v) is 17.2. The van der Waals surface area contributed by atoms with Crippen LogP contribution in [0.3, 0.4) is 0 Å². The lowest BCUT2D eigenvalue weighted by Gasteiger charge is -2.09. The monoisotopic (exact) mass is 427 g/mol. The van der Waals surface area contributed by atoms with E-state index in [1.165, 1.54) is 0 Å². The molecule has 148 valence electrons. The maximum atomic E-state index is 5.94. The fraction of sp³-hybridized carbons (Fsp3) is 0.200. The molecule has 7 nitrogen and oxygen atoms in total. The first-order chi connectivity index (χ1) is 14.2. The number of hydrogen-bond acceptors (Lipinski definition) is 7. The van der Waals surface area contributed by atoms with Crippen molar-refractivity contribution in [2.24, 2.45) is 0 Å². The summed E-state index contributed by atoms with van der Waals surface area (Å²) in [6.07, 6.45) is 5.15. The van der Waals surface area contributed by atoms with Gasteiger partial charge in [0.1, 0.15) is 6.26 Å². The molecule has 0 saturated heterocycles. The summed E-state index contributed by atoms with van der Waals surface area (Å²) in [4.78, 5) is 8.63. The summed E-state index contributed by atoms with van der Waals surface area (Å²) in [6, 6.07) is 11.2. The van der Waals surface area contributed by atoms with Crippen LogP contribution in [-0.2, 0) is 17.0 Å². The molecule has 0 aliphatic carbocycles. The maximum Gasteiger partial charge on any atom is 0.226 e. The highest BCUT2D eigenvalue weighted by Gasteiger charge is 2.15. The summed E-state index contributed by atoms with van der Waals surface area (Å²) in [5.74, 6) is 1.96. The number of thioether (sulfide) groups is 1. The molecule has 0 atom stereocenters. The van der Waals surface area contributed by atoms with Gasteiger partial charge in [0.2, 0.25) is 5.89 Å². The van der Waals surface area contributed by atoms with Crippen LogP contribution in [0.25, 0.3) is 22.8 Å². The van der Waals surface area contributed by atoms with Crippen LogP contribution >= 0.6 is 23.4 Å². The number of ether oxygens (including phenoxy) is 1. The number of methoxy groups -OCH3 is 1. The van der Waals surface area contributed by atoms with Crippen molar-refractivity contribution in [2.45, 2.75) is 17.5 Å². The summed E-state index contributed by atoms with van der Waals surface area (Å²) in [7, 11) is 1.68. The fourth-order valence-electron chi connectivity index (χ4n) is 2.73. The van der Waals surface area contributed by atoms with Gasteiger partial charge in [0.05, 0.1) is 18.8 Å². The lowest BCUT2D eigenvalue weighted by atomic mass is 10.2. The number of oxazole rings is 1.